The minimum atomic E-state index is -0.712. The molecule has 1 aliphatic rings. The van der Waals surface area contributed by atoms with Crippen LogP contribution in [0.5, 0.6) is 0 Å². The van der Waals surface area contributed by atoms with Crippen LogP contribution in [0.1, 0.15) is 45.1 Å². The number of hydrogen-bond donors (Lipinski definition) is 1. The molecule has 1 atom stereocenters. The van der Waals surface area contributed by atoms with Gasteiger partial charge in [-0.05, 0) is 45.4 Å². The van der Waals surface area contributed by atoms with E-state index in [1.54, 1.807) is 34.6 Å². The van der Waals surface area contributed by atoms with E-state index in [4.69, 9.17) is 18.6 Å². The molecule has 0 bridgehead atoms. The molecule has 0 radical (unpaired) electrons. The first-order chi connectivity index (χ1) is 15.7. The molecule has 1 unspecified atom stereocenters. The molecule has 0 fully saturated rings. The van der Waals surface area contributed by atoms with Crippen molar-refractivity contribution < 1.29 is 28.2 Å². The number of nitrogens with zero attached hydrogens (tertiary/aromatic N) is 2. The molecule has 0 aliphatic carbocycles. The Hall–Kier alpha value is -3.46. The lowest BCUT2D eigenvalue weighted by molar-refractivity contribution is -0.143. The van der Waals surface area contributed by atoms with Crippen LogP contribution >= 0.6 is 0 Å². The molecule has 2 heterocycles. The third-order valence-electron chi connectivity index (χ3n) is 5.06. The first-order valence-electron chi connectivity index (χ1n) is 10.7. The van der Waals surface area contributed by atoms with Crippen molar-refractivity contribution in [1.82, 2.24) is 15.5 Å². The minimum Gasteiger partial charge on any atom is -0.460 e. The van der Waals surface area contributed by atoms with Gasteiger partial charge in [0.2, 0.25) is 11.8 Å². The molecule has 2 aromatic rings. The first-order valence-corrected chi connectivity index (χ1v) is 10.7. The highest BCUT2D eigenvalue weighted by atomic mass is 16.6. The number of rotatable bonds is 8. The van der Waals surface area contributed by atoms with E-state index in [0.29, 0.717) is 45.4 Å². The summed E-state index contributed by atoms with van der Waals surface area (Å²) in [5.74, 6) is -0.971. The van der Waals surface area contributed by atoms with Crippen LogP contribution in [-0.2, 0) is 23.8 Å². The lowest BCUT2D eigenvalue weighted by atomic mass is 9.80. The van der Waals surface area contributed by atoms with Crippen molar-refractivity contribution >= 4 is 11.9 Å². The summed E-state index contributed by atoms with van der Waals surface area (Å²) in [7, 11) is 1.53. The summed E-state index contributed by atoms with van der Waals surface area (Å²) in [6, 6.07) is 7.31. The van der Waals surface area contributed by atoms with Crippen LogP contribution in [0.4, 0.5) is 0 Å². The van der Waals surface area contributed by atoms with Gasteiger partial charge in [-0.25, -0.2) is 9.59 Å². The molecule has 33 heavy (non-hydrogen) atoms. The predicted molar refractivity (Wildman–Crippen MR) is 120 cm³/mol. The molecule has 3 rings (SSSR count). The molecule has 0 amide bonds. The molecule has 9 heteroatoms. The second kappa shape index (κ2) is 10.4. The van der Waals surface area contributed by atoms with Crippen LogP contribution in [0.3, 0.4) is 0 Å². The maximum Gasteiger partial charge on any atom is 0.337 e. The monoisotopic (exact) mass is 455 g/mol. The second-order valence-electron chi connectivity index (χ2n) is 7.97. The van der Waals surface area contributed by atoms with E-state index >= 15 is 0 Å². The number of methoxy groups -OCH3 is 1. The van der Waals surface area contributed by atoms with Gasteiger partial charge in [0, 0.05) is 31.0 Å². The van der Waals surface area contributed by atoms with Crippen LogP contribution < -0.4 is 5.32 Å². The van der Waals surface area contributed by atoms with Gasteiger partial charge in [0.05, 0.1) is 29.8 Å². The number of esters is 2. The maximum absolute atomic E-state index is 13.1. The maximum atomic E-state index is 13.1. The van der Waals surface area contributed by atoms with Gasteiger partial charge in [0.1, 0.15) is 6.61 Å². The van der Waals surface area contributed by atoms with Gasteiger partial charge in [-0.15, -0.1) is 10.2 Å². The van der Waals surface area contributed by atoms with Crippen molar-refractivity contribution in [3.63, 3.8) is 0 Å². The molecule has 0 spiro atoms. The van der Waals surface area contributed by atoms with Crippen molar-refractivity contribution in [3.05, 3.63) is 58.3 Å². The number of carbonyl (C=O) groups is 2. The Bertz CT molecular complexity index is 1100. The zero-order valence-electron chi connectivity index (χ0n) is 19.7. The summed E-state index contributed by atoms with van der Waals surface area (Å²) in [6.07, 6.45) is -0.324. The average molecular weight is 456 g/mol. The predicted octanol–water partition coefficient (Wildman–Crippen LogP) is 3.42. The highest BCUT2D eigenvalue weighted by Crippen LogP contribution is 2.40. The number of benzene rings is 1. The number of dihydropyridines is 1. The average Bonchev–Trinajstić information content (AvgIpc) is 3.19. The number of nitrogens with one attached hydrogen (secondary N) is 1. The van der Waals surface area contributed by atoms with Crippen LogP contribution in [-0.4, -0.2) is 48.6 Å². The van der Waals surface area contributed by atoms with Crippen molar-refractivity contribution in [3.8, 4) is 11.5 Å². The number of carbonyl (C=O) groups excluding carboxylic acids is 2. The molecule has 0 saturated carbocycles. The number of aryl methyl sites for hydroxylation is 1. The fourth-order valence-corrected chi connectivity index (χ4v) is 3.71. The number of hydrogen-bond acceptors (Lipinski definition) is 9. The van der Waals surface area contributed by atoms with Gasteiger partial charge in [-0.3, -0.25) is 0 Å². The summed E-state index contributed by atoms with van der Waals surface area (Å²) in [6.45, 7) is 9.18. The molecule has 1 aliphatic heterocycles. The van der Waals surface area contributed by atoms with Crippen LogP contribution in [0.15, 0.2) is 51.2 Å². The Kier molecular flexibility index (Phi) is 7.65. The topological polar surface area (TPSA) is 113 Å². The first kappa shape index (κ1) is 24.2. The minimum absolute atomic E-state index is 0.0919. The van der Waals surface area contributed by atoms with Crippen molar-refractivity contribution in [2.75, 3.05) is 20.3 Å². The Labute approximate surface area is 192 Å². The van der Waals surface area contributed by atoms with Crippen LogP contribution in [0.25, 0.3) is 11.5 Å². The van der Waals surface area contributed by atoms with Crippen LogP contribution in [0.2, 0.25) is 0 Å². The fourth-order valence-electron chi connectivity index (χ4n) is 3.71. The van der Waals surface area contributed by atoms with Gasteiger partial charge in [0.25, 0.3) is 0 Å². The van der Waals surface area contributed by atoms with E-state index < -0.39 is 17.9 Å². The fraction of sp³-hybridized carbons (Fsp3) is 0.417. The highest BCUT2D eigenvalue weighted by molar-refractivity contribution is 6.00. The van der Waals surface area contributed by atoms with E-state index in [0.717, 1.165) is 0 Å². The second-order valence-corrected chi connectivity index (χ2v) is 7.97. The SMILES string of the molecule is COCCOC(=O)C1=C(C)NC(C)=C(C(=O)OC(C)C)C1c1cccc(-c2nnc(C)o2)c1. The summed E-state index contributed by atoms with van der Waals surface area (Å²) in [5, 5.41) is 11.1. The van der Waals surface area contributed by atoms with Gasteiger partial charge in [0.15, 0.2) is 0 Å². The van der Waals surface area contributed by atoms with Gasteiger partial charge >= 0.3 is 11.9 Å². The summed E-state index contributed by atoms with van der Waals surface area (Å²) in [5.41, 5.74) is 3.23. The normalized spacial score (nSPS) is 16.2. The molecule has 176 valence electrons. The summed E-state index contributed by atoms with van der Waals surface area (Å²) < 4.78 is 21.5. The molecular weight excluding hydrogens is 426 g/mol. The molecular formula is C24H29N3O6. The van der Waals surface area contributed by atoms with E-state index in [2.05, 4.69) is 15.5 Å². The Morgan fingerprint density at radius 1 is 1.06 bits per heavy atom. The van der Waals surface area contributed by atoms with Crippen LogP contribution in [0, 0.1) is 6.92 Å². The Balaban J connectivity index is 2.11. The third kappa shape index (κ3) is 5.48. The number of allylic oxidation sites excluding steroid dienone is 2. The largest absolute Gasteiger partial charge is 0.460 e. The van der Waals surface area contributed by atoms with E-state index in [1.165, 1.54) is 7.11 Å². The van der Waals surface area contributed by atoms with Gasteiger partial charge in [-0.2, -0.15) is 0 Å². The van der Waals surface area contributed by atoms with Crippen molar-refractivity contribution in [1.29, 1.82) is 0 Å². The van der Waals surface area contributed by atoms with E-state index in [9.17, 15) is 9.59 Å². The zero-order valence-corrected chi connectivity index (χ0v) is 19.7. The number of aromatic nitrogens is 2. The smallest absolute Gasteiger partial charge is 0.337 e. The van der Waals surface area contributed by atoms with Gasteiger partial charge in [-0.1, -0.05) is 12.1 Å². The third-order valence-corrected chi connectivity index (χ3v) is 5.06. The van der Waals surface area contributed by atoms with Gasteiger partial charge < -0.3 is 23.9 Å². The molecule has 1 aromatic carbocycles. The molecule has 1 aromatic heterocycles. The van der Waals surface area contributed by atoms with Crippen molar-refractivity contribution in [2.45, 2.75) is 46.6 Å². The van der Waals surface area contributed by atoms with E-state index in [1.807, 2.05) is 24.3 Å². The molecule has 1 N–H and O–H groups in total. The number of ether oxygens (including phenoxy) is 3. The summed E-state index contributed by atoms with van der Waals surface area (Å²) in [4.78, 5) is 26.3. The molecule has 0 saturated heterocycles. The lowest BCUT2D eigenvalue weighted by Crippen LogP contribution is -2.33. The highest BCUT2D eigenvalue weighted by Gasteiger charge is 2.38. The zero-order chi connectivity index (χ0) is 24.1. The standard InChI is InChI=1S/C24H29N3O6/c1-13(2)32-24(29)20-15(4)25-14(3)19(23(28)31-11-10-30-6)21(20)17-8-7-9-18(12-17)22-27-26-16(5)33-22/h7-9,12-13,21,25H,10-11H2,1-6H3. The lowest BCUT2D eigenvalue weighted by Gasteiger charge is -2.31. The van der Waals surface area contributed by atoms with Crippen molar-refractivity contribution in [2.24, 2.45) is 0 Å². The Morgan fingerprint density at radius 3 is 2.36 bits per heavy atom. The quantitative estimate of drug-likeness (QED) is 0.472. The van der Waals surface area contributed by atoms with E-state index in [-0.39, 0.29) is 19.3 Å². The molecule has 9 nitrogen and oxygen atoms in total. The summed E-state index contributed by atoms with van der Waals surface area (Å²) >= 11 is 0. The Morgan fingerprint density at radius 2 is 1.76 bits per heavy atom.